The molecule has 2 aromatic carbocycles. The van der Waals surface area contributed by atoms with Crippen molar-refractivity contribution in [1.29, 1.82) is 0 Å². The lowest BCUT2D eigenvalue weighted by molar-refractivity contribution is -0.384. The van der Waals surface area contributed by atoms with Crippen molar-refractivity contribution < 1.29 is 23.3 Å². The van der Waals surface area contributed by atoms with Crippen molar-refractivity contribution in [3.8, 4) is 0 Å². The van der Waals surface area contributed by atoms with E-state index in [0.717, 1.165) is 24.3 Å². The van der Waals surface area contributed by atoms with E-state index in [0.29, 0.717) is 11.0 Å². The molecule has 0 spiro atoms. The molecule has 6 nitrogen and oxygen atoms in total. The Morgan fingerprint density at radius 3 is 2.16 bits per heavy atom. The summed E-state index contributed by atoms with van der Waals surface area (Å²) >= 11 is 5.94. The fraction of sp³-hybridized carbons (Fsp3) is 0. The maximum Gasteiger partial charge on any atom is 0.277 e. The number of hydrogen-bond acceptors (Lipinski definition) is 4. The largest absolute Gasteiger partial charge is 0.277 e. The molecule has 3 rings (SSSR count). The molecule has 1 heterocycles. The Hall–Kier alpha value is -3.13. The van der Waals surface area contributed by atoms with Crippen molar-refractivity contribution in [3.05, 3.63) is 74.8 Å². The molecular weight excluding hydrogens is 358 g/mol. The number of rotatable bonds is 3. The third-order valence-corrected chi connectivity index (χ3v) is 3.91. The van der Waals surface area contributed by atoms with Crippen LogP contribution in [0.5, 0.6) is 0 Å². The molecule has 25 heavy (non-hydrogen) atoms. The van der Waals surface area contributed by atoms with E-state index in [-0.39, 0.29) is 22.5 Å². The van der Waals surface area contributed by atoms with Crippen molar-refractivity contribution in [3.63, 3.8) is 0 Å². The average molecular weight is 365 g/mol. The summed E-state index contributed by atoms with van der Waals surface area (Å²) < 4.78 is 26.4. The first-order valence-electron chi connectivity index (χ1n) is 6.79. The summed E-state index contributed by atoms with van der Waals surface area (Å²) in [6, 6.07) is 7.41. The highest BCUT2D eigenvalue weighted by molar-refractivity contribution is 6.60. The first-order chi connectivity index (χ1) is 11.8. The number of nitro benzene ring substituents is 1. The monoisotopic (exact) mass is 364 g/mol. The predicted molar refractivity (Wildman–Crippen MR) is 84.7 cm³/mol. The van der Waals surface area contributed by atoms with Crippen molar-refractivity contribution in [2.24, 2.45) is 0 Å². The van der Waals surface area contributed by atoms with Gasteiger partial charge in [-0.2, -0.15) is 0 Å². The summed E-state index contributed by atoms with van der Waals surface area (Å²) in [6.07, 6.45) is 0. The number of amides is 2. The summed E-state index contributed by atoms with van der Waals surface area (Å²) in [5.74, 6) is -4.09. The third kappa shape index (κ3) is 2.76. The number of anilines is 1. The Morgan fingerprint density at radius 1 is 0.960 bits per heavy atom. The number of imide groups is 1. The van der Waals surface area contributed by atoms with Gasteiger partial charge in [0.25, 0.3) is 17.5 Å². The van der Waals surface area contributed by atoms with Gasteiger partial charge in [-0.05, 0) is 29.8 Å². The van der Waals surface area contributed by atoms with Gasteiger partial charge in [0, 0.05) is 18.2 Å². The lowest BCUT2D eigenvalue weighted by atomic mass is 10.1. The van der Waals surface area contributed by atoms with E-state index in [9.17, 15) is 28.5 Å². The Bertz CT molecular complexity index is 957. The molecule has 0 unspecified atom stereocenters. The van der Waals surface area contributed by atoms with Crippen LogP contribution in [0.15, 0.2) is 47.5 Å². The topological polar surface area (TPSA) is 80.5 Å². The smallest absolute Gasteiger partial charge is 0.268 e. The normalized spacial score (nSPS) is 14.4. The van der Waals surface area contributed by atoms with E-state index in [4.69, 9.17) is 11.6 Å². The molecule has 2 amide bonds. The molecule has 0 aromatic heterocycles. The van der Waals surface area contributed by atoms with E-state index in [2.05, 4.69) is 0 Å². The van der Waals surface area contributed by atoms with Gasteiger partial charge in [0.05, 0.1) is 16.2 Å². The summed E-state index contributed by atoms with van der Waals surface area (Å²) in [4.78, 5) is 35.5. The van der Waals surface area contributed by atoms with Crippen molar-refractivity contribution in [2.45, 2.75) is 0 Å². The molecule has 1 aliphatic heterocycles. The molecular formula is C16H7ClF2N2O4. The highest BCUT2D eigenvalue weighted by Crippen LogP contribution is 2.35. The molecule has 0 fully saturated rings. The molecule has 1 aliphatic rings. The maximum absolute atomic E-state index is 13.4. The second-order valence-electron chi connectivity index (χ2n) is 5.04. The van der Waals surface area contributed by atoms with Crippen LogP contribution in [0.1, 0.15) is 5.56 Å². The van der Waals surface area contributed by atoms with E-state index in [1.54, 1.807) is 0 Å². The number of hydrogen-bond donors (Lipinski definition) is 0. The van der Waals surface area contributed by atoms with E-state index >= 15 is 0 Å². The quantitative estimate of drug-likeness (QED) is 0.475. The second kappa shape index (κ2) is 6.06. The zero-order valence-electron chi connectivity index (χ0n) is 12.2. The molecule has 2 aromatic rings. The average Bonchev–Trinajstić information content (AvgIpc) is 2.80. The van der Waals surface area contributed by atoms with Crippen LogP contribution in [0.2, 0.25) is 0 Å². The number of nitro groups is 1. The molecule has 0 radical (unpaired) electrons. The maximum atomic E-state index is 13.4. The minimum atomic E-state index is -1.22. The number of carbonyl (C=O) groups is 2. The van der Waals surface area contributed by atoms with Gasteiger partial charge in [0.1, 0.15) is 5.03 Å². The van der Waals surface area contributed by atoms with Gasteiger partial charge in [-0.25, -0.2) is 13.7 Å². The van der Waals surface area contributed by atoms with Crippen LogP contribution >= 0.6 is 11.6 Å². The minimum absolute atomic E-state index is 0.175. The summed E-state index contributed by atoms with van der Waals surface area (Å²) in [5, 5.41) is 10.3. The Labute approximate surface area is 144 Å². The van der Waals surface area contributed by atoms with Crippen LogP contribution in [0.4, 0.5) is 20.2 Å². The molecule has 0 bridgehead atoms. The van der Waals surface area contributed by atoms with Gasteiger partial charge < -0.3 is 0 Å². The van der Waals surface area contributed by atoms with Crippen LogP contribution in [0.25, 0.3) is 5.57 Å². The van der Waals surface area contributed by atoms with Gasteiger partial charge in [-0.15, -0.1) is 0 Å². The molecule has 0 saturated carbocycles. The van der Waals surface area contributed by atoms with Crippen LogP contribution < -0.4 is 4.90 Å². The summed E-state index contributed by atoms with van der Waals surface area (Å²) in [5.41, 5.74) is -0.357. The molecule has 0 N–H and O–H groups in total. The van der Waals surface area contributed by atoms with Crippen molar-refractivity contribution >= 4 is 40.4 Å². The number of nitrogens with zero attached hydrogens (tertiary/aromatic N) is 2. The predicted octanol–water partition coefficient (Wildman–Crippen LogP) is 3.40. The zero-order chi connectivity index (χ0) is 18.3. The lowest BCUT2D eigenvalue weighted by Gasteiger charge is -2.15. The molecule has 126 valence electrons. The van der Waals surface area contributed by atoms with Gasteiger partial charge >= 0.3 is 0 Å². The summed E-state index contributed by atoms with van der Waals surface area (Å²) in [7, 11) is 0. The molecule has 0 atom stereocenters. The SMILES string of the molecule is O=C1C(Cl)=C(c2ccc([N+](=O)[O-])cc2)C(=O)N1c1ccc(F)c(F)c1. The van der Waals surface area contributed by atoms with Gasteiger partial charge in [-0.3, -0.25) is 19.7 Å². The van der Waals surface area contributed by atoms with Crippen molar-refractivity contribution in [1.82, 2.24) is 0 Å². The van der Waals surface area contributed by atoms with Gasteiger partial charge in [-0.1, -0.05) is 11.6 Å². The fourth-order valence-electron chi connectivity index (χ4n) is 2.36. The molecule has 0 aliphatic carbocycles. The number of halogens is 3. The van der Waals surface area contributed by atoms with Gasteiger partial charge in [0.15, 0.2) is 11.6 Å². The Morgan fingerprint density at radius 2 is 1.60 bits per heavy atom. The highest BCUT2D eigenvalue weighted by atomic mass is 35.5. The Balaban J connectivity index is 2.01. The fourth-order valence-corrected chi connectivity index (χ4v) is 2.64. The van der Waals surface area contributed by atoms with Crippen LogP contribution in [0.3, 0.4) is 0 Å². The molecule has 9 heteroatoms. The minimum Gasteiger partial charge on any atom is -0.268 e. The number of benzene rings is 2. The number of non-ortho nitro benzene ring substituents is 1. The standard InChI is InChI=1S/C16H7ClF2N2O4/c17-14-13(8-1-3-9(4-2-8)21(24)25)15(22)20(16(14)23)10-5-6-11(18)12(19)7-10/h1-7H. The van der Waals surface area contributed by atoms with E-state index in [1.165, 1.54) is 12.1 Å². The molecule has 0 saturated heterocycles. The van der Waals surface area contributed by atoms with Gasteiger partial charge in [0.2, 0.25) is 0 Å². The third-order valence-electron chi connectivity index (χ3n) is 3.56. The first kappa shape index (κ1) is 16.7. The Kier molecular flexibility index (Phi) is 4.05. The zero-order valence-corrected chi connectivity index (χ0v) is 13.0. The highest BCUT2D eigenvalue weighted by Gasteiger charge is 2.39. The van der Waals surface area contributed by atoms with Crippen LogP contribution in [-0.2, 0) is 9.59 Å². The lowest BCUT2D eigenvalue weighted by Crippen LogP contribution is -2.31. The van der Waals surface area contributed by atoms with Crippen LogP contribution in [0, 0.1) is 21.7 Å². The number of carbonyl (C=O) groups excluding carboxylic acids is 2. The second-order valence-corrected chi connectivity index (χ2v) is 5.42. The summed E-state index contributed by atoms with van der Waals surface area (Å²) in [6.45, 7) is 0. The first-order valence-corrected chi connectivity index (χ1v) is 7.17. The van der Waals surface area contributed by atoms with E-state index < -0.39 is 33.4 Å². The van der Waals surface area contributed by atoms with Crippen LogP contribution in [-0.4, -0.2) is 16.7 Å². The van der Waals surface area contributed by atoms with Crippen molar-refractivity contribution in [2.75, 3.05) is 4.90 Å². The van der Waals surface area contributed by atoms with E-state index in [1.807, 2.05) is 0 Å².